The van der Waals surface area contributed by atoms with E-state index in [9.17, 15) is 14.4 Å². The summed E-state index contributed by atoms with van der Waals surface area (Å²) in [6.45, 7) is 3.45. The third kappa shape index (κ3) is 5.77. The Balaban J connectivity index is 1.45. The van der Waals surface area contributed by atoms with Gasteiger partial charge in [0.15, 0.2) is 0 Å². The zero-order valence-corrected chi connectivity index (χ0v) is 22.6. The number of nitrogens with zero attached hydrogens (tertiary/aromatic N) is 4. The average Bonchev–Trinajstić information content (AvgIpc) is 3.27. The lowest BCUT2D eigenvalue weighted by Gasteiger charge is -2.46. The van der Waals surface area contributed by atoms with Crippen molar-refractivity contribution in [1.82, 2.24) is 25.1 Å². The Morgan fingerprint density at radius 1 is 0.974 bits per heavy atom. The molecule has 2 aliphatic heterocycles. The number of carbonyl (C=O) groups is 3. The van der Waals surface area contributed by atoms with Crippen molar-refractivity contribution in [2.45, 2.75) is 38.6 Å². The number of fused-ring (bicyclic) bond motifs is 1. The molecule has 2 heterocycles. The second-order valence-electron chi connectivity index (χ2n) is 9.81. The predicted octanol–water partition coefficient (Wildman–Crippen LogP) is 4.43. The standard InChI is InChI=1S/C30H32ClN5O3/c1-2-16-34(30(39)32-18-22-10-5-3-6-11-22)35-21-27(37)36-26(35)20-33(19-23-12-9-15-25(31)17-23)29(38)28(36)24-13-7-4-8-14-24/h3-15,17,26,28H,2,16,18-21H2,1H3,(H,32,39)/t26-,28+/m1/s1. The molecular weight excluding hydrogens is 514 g/mol. The molecule has 8 nitrogen and oxygen atoms in total. The second kappa shape index (κ2) is 11.9. The van der Waals surface area contributed by atoms with Crippen molar-refractivity contribution in [3.05, 3.63) is 107 Å². The molecule has 3 aromatic rings. The molecule has 2 atom stereocenters. The maximum absolute atomic E-state index is 13.9. The van der Waals surface area contributed by atoms with Crippen molar-refractivity contribution >= 4 is 29.4 Å². The minimum absolute atomic E-state index is 0.0189. The number of hydrogen-bond donors (Lipinski definition) is 1. The number of rotatable bonds is 8. The fourth-order valence-corrected chi connectivity index (χ4v) is 5.53. The molecule has 0 radical (unpaired) electrons. The Morgan fingerprint density at radius 3 is 2.36 bits per heavy atom. The van der Waals surface area contributed by atoms with Crippen molar-refractivity contribution in [1.29, 1.82) is 0 Å². The van der Waals surface area contributed by atoms with E-state index in [1.807, 2.05) is 90.8 Å². The zero-order valence-electron chi connectivity index (χ0n) is 21.9. The molecule has 2 aliphatic rings. The first kappa shape index (κ1) is 26.7. The van der Waals surface area contributed by atoms with E-state index < -0.39 is 12.2 Å². The molecule has 39 heavy (non-hydrogen) atoms. The SMILES string of the molecule is CCCN(C(=O)NCc1ccccc1)N1CC(=O)N2[C@@H](c3ccccc3)C(=O)N(Cc3cccc(Cl)c3)C[C@@H]21. The van der Waals surface area contributed by atoms with Crippen LogP contribution in [0.2, 0.25) is 5.02 Å². The van der Waals surface area contributed by atoms with Crippen LogP contribution >= 0.6 is 11.6 Å². The van der Waals surface area contributed by atoms with Crippen LogP contribution in [0.1, 0.15) is 36.1 Å². The maximum atomic E-state index is 13.9. The number of nitrogens with one attached hydrogen (secondary N) is 1. The van der Waals surface area contributed by atoms with E-state index in [1.165, 1.54) is 0 Å². The fraction of sp³-hybridized carbons (Fsp3) is 0.300. The Bertz CT molecular complexity index is 1320. The van der Waals surface area contributed by atoms with E-state index in [-0.39, 0.29) is 30.9 Å². The molecule has 3 aromatic carbocycles. The number of hydrogen-bond acceptors (Lipinski definition) is 4. The third-order valence-electron chi connectivity index (χ3n) is 7.10. The quantitative estimate of drug-likeness (QED) is 0.454. The molecule has 0 spiro atoms. The molecule has 0 bridgehead atoms. The summed E-state index contributed by atoms with van der Waals surface area (Å²) < 4.78 is 0. The summed E-state index contributed by atoms with van der Waals surface area (Å²) in [5.41, 5.74) is 2.63. The van der Waals surface area contributed by atoms with Crippen LogP contribution in [0.15, 0.2) is 84.9 Å². The summed E-state index contributed by atoms with van der Waals surface area (Å²) in [6, 6.07) is 25.4. The van der Waals surface area contributed by atoms with E-state index in [0.29, 0.717) is 31.1 Å². The predicted molar refractivity (Wildman–Crippen MR) is 149 cm³/mol. The number of halogens is 1. The summed E-state index contributed by atoms with van der Waals surface area (Å²) in [7, 11) is 0. The van der Waals surface area contributed by atoms with Gasteiger partial charge >= 0.3 is 6.03 Å². The first-order valence-electron chi connectivity index (χ1n) is 13.2. The monoisotopic (exact) mass is 545 g/mol. The van der Waals surface area contributed by atoms with Gasteiger partial charge in [0.2, 0.25) is 5.91 Å². The molecule has 4 amide bonds. The first-order chi connectivity index (χ1) is 19.0. The summed E-state index contributed by atoms with van der Waals surface area (Å²) >= 11 is 6.22. The smallest absolute Gasteiger partial charge is 0.332 e. The van der Waals surface area contributed by atoms with Gasteiger partial charge in [0.1, 0.15) is 12.2 Å². The van der Waals surface area contributed by atoms with E-state index >= 15 is 0 Å². The summed E-state index contributed by atoms with van der Waals surface area (Å²) in [4.78, 5) is 44.3. The van der Waals surface area contributed by atoms with Gasteiger partial charge in [0.05, 0.1) is 13.1 Å². The summed E-state index contributed by atoms with van der Waals surface area (Å²) in [6.07, 6.45) is 0.220. The average molecular weight is 546 g/mol. The summed E-state index contributed by atoms with van der Waals surface area (Å²) in [5.74, 6) is -0.329. The fourth-order valence-electron chi connectivity index (χ4n) is 5.32. The molecule has 5 rings (SSSR count). The highest BCUT2D eigenvalue weighted by Crippen LogP contribution is 2.36. The second-order valence-corrected chi connectivity index (χ2v) is 10.2. The highest BCUT2D eigenvalue weighted by atomic mass is 35.5. The Kier molecular flexibility index (Phi) is 8.14. The first-order valence-corrected chi connectivity index (χ1v) is 13.6. The Hall–Kier alpha value is -3.88. The number of benzene rings is 3. The molecule has 0 saturated carbocycles. The highest BCUT2D eigenvalue weighted by Gasteiger charge is 2.52. The van der Waals surface area contributed by atoms with Gasteiger partial charge in [-0.1, -0.05) is 91.3 Å². The van der Waals surface area contributed by atoms with E-state index in [2.05, 4.69) is 5.32 Å². The van der Waals surface area contributed by atoms with Gasteiger partial charge in [-0.3, -0.25) is 14.6 Å². The minimum atomic E-state index is -0.780. The topological polar surface area (TPSA) is 76.2 Å². The van der Waals surface area contributed by atoms with Gasteiger partial charge in [-0.05, 0) is 35.2 Å². The Morgan fingerprint density at radius 2 is 1.67 bits per heavy atom. The molecule has 9 heteroatoms. The normalized spacial score (nSPS) is 19.2. The lowest BCUT2D eigenvalue weighted by molar-refractivity contribution is -0.158. The molecule has 0 aromatic heterocycles. The van der Waals surface area contributed by atoms with Crippen molar-refractivity contribution in [2.24, 2.45) is 0 Å². The molecule has 1 N–H and O–H groups in total. The van der Waals surface area contributed by atoms with Crippen LogP contribution < -0.4 is 5.32 Å². The lowest BCUT2D eigenvalue weighted by atomic mass is 10.00. The Labute approximate surface area is 233 Å². The van der Waals surface area contributed by atoms with Crippen molar-refractivity contribution in [3.63, 3.8) is 0 Å². The third-order valence-corrected chi connectivity index (χ3v) is 7.34. The zero-order chi connectivity index (χ0) is 27.4. The number of piperazine rings is 1. The molecule has 0 unspecified atom stereocenters. The van der Waals surface area contributed by atoms with Gasteiger partial charge < -0.3 is 15.1 Å². The largest absolute Gasteiger partial charge is 0.333 e. The molecule has 202 valence electrons. The maximum Gasteiger partial charge on any atom is 0.332 e. The highest BCUT2D eigenvalue weighted by molar-refractivity contribution is 6.30. The van der Waals surface area contributed by atoms with E-state index in [0.717, 1.165) is 16.7 Å². The van der Waals surface area contributed by atoms with Crippen LogP contribution in [-0.4, -0.2) is 63.5 Å². The van der Waals surface area contributed by atoms with Gasteiger partial charge in [-0.15, -0.1) is 0 Å². The van der Waals surface area contributed by atoms with Gasteiger partial charge in [-0.2, -0.15) is 5.01 Å². The van der Waals surface area contributed by atoms with E-state index in [4.69, 9.17) is 11.6 Å². The van der Waals surface area contributed by atoms with Crippen molar-refractivity contribution < 1.29 is 14.4 Å². The number of hydrazine groups is 1. The van der Waals surface area contributed by atoms with Crippen LogP contribution in [-0.2, 0) is 22.7 Å². The van der Waals surface area contributed by atoms with Gasteiger partial charge in [0, 0.05) is 24.7 Å². The molecule has 0 aliphatic carbocycles. The molecule has 2 fully saturated rings. The number of amides is 4. The minimum Gasteiger partial charge on any atom is -0.333 e. The van der Waals surface area contributed by atoms with Crippen molar-refractivity contribution in [3.8, 4) is 0 Å². The van der Waals surface area contributed by atoms with Gasteiger partial charge in [0.25, 0.3) is 5.91 Å². The number of urea groups is 1. The van der Waals surface area contributed by atoms with Crippen LogP contribution in [0.25, 0.3) is 0 Å². The van der Waals surface area contributed by atoms with Crippen LogP contribution in [0, 0.1) is 0 Å². The number of carbonyl (C=O) groups excluding carboxylic acids is 3. The molecule has 2 saturated heterocycles. The van der Waals surface area contributed by atoms with E-state index in [1.54, 1.807) is 20.9 Å². The lowest BCUT2D eigenvalue weighted by Crippen LogP contribution is -2.62. The van der Waals surface area contributed by atoms with Crippen molar-refractivity contribution in [2.75, 3.05) is 19.6 Å². The summed E-state index contributed by atoms with van der Waals surface area (Å²) in [5, 5.41) is 7.04. The van der Waals surface area contributed by atoms with Crippen LogP contribution in [0.3, 0.4) is 0 Å². The van der Waals surface area contributed by atoms with Crippen LogP contribution in [0.4, 0.5) is 4.79 Å². The van der Waals surface area contributed by atoms with Gasteiger partial charge in [-0.25, -0.2) is 4.79 Å². The van der Waals surface area contributed by atoms with Crippen LogP contribution in [0.5, 0.6) is 0 Å². The molecular formula is C30H32ClN5O3.